The number of morpholine rings is 1. The maximum absolute atomic E-state index is 13.0. The Morgan fingerprint density at radius 1 is 1.28 bits per heavy atom. The van der Waals surface area contributed by atoms with E-state index in [0.29, 0.717) is 30.9 Å². The normalized spacial score (nSPS) is 31.6. The van der Waals surface area contributed by atoms with Crippen LogP contribution in [0.15, 0.2) is 24.4 Å². The second kappa shape index (κ2) is 7.32. The molecule has 0 saturated carbocycles. The fraction of sp³-hybridized carbons (Fsp3) is 0.571. The van der Waals surface area contributed by atoms with Gasteiger partial charge in [-0.05, 0) is 50.8 Å². The molecule has 3 aliphatic heterocycles. The summed E-state index contributed by atoms with van der Waals surface area (Å²) in [4.78, 5) is 15.2. The molecule has 2 unspecified atom stereocenters. The van der Waals surface area contributed by atoms with Crippen molar-refractivity contribution >= 4 is 17.1 Å². The number of hydrogen-bond donors (Lipinski definition) is 2. The number of aromatic nitrogens is 2. The molecule has 3 fully saturated rings. The van der Waals surface area contributed by atoms with Gasteiger partial charge in [-0.2, -0.15) is 10.4 Å². The molecule has 0 aliphatic carbocycles. The van der Waals surface area contributed by atoms with E-state index in [4.69, 9.17) is 4.74 Å². The average molecular weight is 394 g/mol. The Morgan fingerprint density at radius 2 is 2.07 bits per heavy atom. The van der Waals surface area contributed by atoms with Gasteiger partial charge in [-0.15, -0.1) is 0 Å². The van der Waals surface area contributed by atoms with Gasteiger partial charge in [0.25, 0.3) is 5.91 Å². The van der Waals surface area contributed by atoms with Crippen LogP contribution in [0.1, 0.15) is 38.3 Å². The number of nitrogens with zero attached hydrogens (tertiary/aromatic N) is 4. The number of piperidine rings is 1. The standard InChI is InChI=1S/C21H26N6O2/c1-13-11-26(18-5-4-17(10-22)27-19(18)6-7-23-27)12-20(29-13)21(28)25-16-8-14-2-3-15(9-16)24-14/h4-7,13-16,20,24H,2-3,8-9,11-12H2,1H3,(H,25,28)/t13-,14?,15?,16?,20-/m1/s1. The lowest BCUT2D eigenvalue weighted by atomic mass is 9.99. The molecule has 2 bridgehead atoms. The molecule has 2 aromatic heterocycles. The van der Waals surface area contributed by atoms with Gasteiger partial charge in [-0.1, -0.05) is 0 Å². The van der Waals surface area contributed by atoms with Gasteiger partial charge >= 0.3 is 0 Å². The lowest BCUT2D eigenvalue weighted by molar-refractivity contribution is -0.138. The molecule has 8 heteroatoms. The average Bonchev–Trinajstić information content (AvgIpc) is 3.33. The third kappa shape index (κ3) is 3.45. The maximum atomic E-state index is 13.0. The lowest BCUT2D eigenvalue weighted by Gasteiger charge is -2.38. The second-order valence-electron chi connectivity index (χ2n) is 8.50. The third-order valence-electron chi connectivity index (χ3n) is 6.36. The Kier molecular flexibility index (Phi) is 4.64. The molecule has 0 radical (unpaired) electrons. The topological polar surface area (TPSA) is 94.7 Å². The van der Waals surface area contributed by atoms with Gasteiger partial charge in [0.05, 0.1) is 30.0 Å². The van der Waals surface area contributed by atoms with Gasteiger partial charge in [0.1, 0.15) is 11.8 Å². The van der Waals surface area contributed by atoms with Crippen LogP contribution in [-0.2, 0) is 9.53 Å². The molecule has 4 atom stereocenters. The zero-order valence-electron chi connectivity index (χ0n) is 16.5. The SMILES string of the molecule is C[C@@H]1CN(c2ccc(C#N)n3nccc23)C[C@H](C(=O)NC2CC3CCC(C2)N3)O1. The number of nitrogens with one attached hydrogen (secondary N) is 2. The van der Waals surface area contributed by atoms with Crippen molar-refractivity contribution in [2.24, 2.45) is 0 Å². The van der Waals surface area contributed by atoms with Crippen LogP contribution in [0.2, 0.25) is 0 Å². The fourth-order valence-corrected chi connectivity index (χ4v) is 5.12. The molecule has 2 N–H and O–H groups in total. The highest BCUT2D eigenvalue weighted by Gasteiger charge is 2.37. The van der Waals surface area contributed by atoms with Gasteiger partial charge in [0.15, 0.2) is 6.10 Å². The van der Waals surface area contributed by atoms with Crippen molar-refractivity contribution in [3.8, 4) is 6.07 Å². The first kappa shape index (κ1) is 18.4. The number of ether oxygens (including phenoxy) is 1. The summed E-state index contributed by atoms with van der Waals surface area (Å²) in [6.45, 7) is 3.17. The van der Waals surface area contributed by atoms with E-state index >= 15 is 0 Å². The highest BCUT2D eigenvalue weighted by atomic mass is 16.5. The van der Waals surface area contributed by atoms with E-state index in [1.165, 1.54) is 12.8 Å². The molecular weight excluding hydrogens is 368 g/mol. The van der Waals surface area contributed by atoms with Crippen LogP contribution >= 0.6 is 0 Å². The predicted molar refractivity (Wildman–Crippen MR) is 108 cm³/mol. The van der Waals surface area contributed by atoms with E-state index in [-0.39, 0.29) is 18.1 Å². The zero-order chi connectivity index (χ0) is 20.0. The quantitative estimate of drug-likeness (QED) is 0.812. The van der Waals surface area contributed by atoms with Crippen LogP contribution < -0.4 is 15.5 Å². The van der Waals surface area contributed by atoms with Crippen molar-refractivity contribution in [1.82, 2.24) is 20.2 Å². The number of hydrogen-bond acceptors (Lipinski definition) is 6. The Labute approximate surface area is 169 Å². The molecule has 152 valence electrons. The summed E-state index contributed by atoms with van der Waals surface area (Å²) < 4.78 is 7.65. The highest BCUT2D eigenvalue weighted by Crippen LogP contribution is 2.28. The fourth-order valence-electron chi connectivity index (χ4n) is 5.12. The van der Waals surface area contributed by atoms with Gasteiger partial charge in [-0.25, -0.2) is 4.52 Å². The maximum Gasteiger partial charge on any atom is 0.251 e. The van der Waals surface area contributed by atoms with E-state index in [9.17, 15) is 10.1 Å². The molecule has 1 amide bonds. The first-order valence-corrected chi connectivity index (χ1v) is 10.4. The highest BCUT2D eigenvalue weighted by molar-refractivity contribution is 5.83. The number of rotatable bonds is 3. The number of fused-ring (bicyclic) bond motifs is 3. The van der Waals surface area contributed by atoms with E-state index in [0.717, 1.165) is 24.0 Å². The van der Waals surface area contributed by atoms with Crippen molar-refractivity contribution in [2.45, 2.75) is 62.9 Å². The number of pyridine rings is 1. The van der Waals surface area contributed by atoms with E-state index < -0.39 is 6.10 Å². The number of carbonyl (C=O) groups excluding carboxylic acids is 1. The molecule has 8 nitrogen and oxygen atoms in total. The molecule has 29 heavy (non-hydrogen) atoms. The van der Waals surface area contributed by atoms with Crippen LogP contribution in [0.5, 0.6) is 0 Å². The third-order valence-corrected chi connectivity index (χ3v) is 6.36. The largest absolute Gasteiger partial charge is 0.364 e. The van der Waals surface area contributed by atoms with Crippen LogP contribution in [0.25, 0.3) is 5.52 Å². The molecule has 3 aliphatic rings. The van der Waals surface area contributed by atoms with Crippen molar-refractivity contribution < 1.29 is 9.53 Å². The summed E-state index contributed by atoms with van der Waals surface area (Å²) in [6.07, 6.45) is 5.54. The summed E-state index contributed by atoms with van der Waals surface area (Å²) in [5.74, 6) is -0.0222. The first-order valence-electron chi connectivity index (χ1n) is 10.4. The summed E-state index contributed by atoms with van der Waals surface area (Å²) in [7, 11) is 0. The summed E-state index contributed by atoms with van der Waals surface area (Å²) in [5, 5.41) is 20.4. The molecule has 5 rings (SSSR count). The summed E-state index contributed by atoms with van der Waals surface area (Å²) >= 11 is 0. The zero-order valence-corrected chi connectivity index (χ0v) is 16.5. The minimum Gasteiger partial charge on any atom is -0.364 e. The molecular formula is C21H26N6O2. The second-order valence-corrected chi connectivity index (χ2v) is 8.50. The van der Waals surface area contributed by atoms with Gasteiger partial charge in [0, 0.05) is 24.7 Å². The number of amides is 1. The monoisotopic (exact) mass is 394 g/mol. The van der Waals surface area contributed by atoms with Gasteiger partial charge < -0.3 is 20.3 Å². The Hall–Kier alpha value is -2.63. The smallest absolute Gasteiger partial charge is 0.251 e. The minimum absolute atomic E-state index is 0.0222. The van der Waals surface area contributed by atoms with E-state index in [1.54, 1.807) is 16.8 Å². The first-order chi connectivity index (χ1) is 14.1. The van der Waals surface area contributed by atoms with Gasteiger partial charge in [0.2, 0.25) is 0 Å². The molecule has 2 aromatic rings. The summed E-state index contributed by atoms with van der Waals surface area (Å²) in [5.41, 5.74) is 2.33. The van der Waals surface area contributed by atoms with Crippen molar-refractivity contribution in [2.75, 3.05) is 18.0 Å². The number of nitriles is 1. The predicted octanol–water partition coefficient (Wildman–Crippen LogP) is 1.20. The molecule has 0 aromatic carbocycles. The lowest BCUT2D eigenvalue weighted by Crippen LogP contribution is -2.56. The molecule has 3 saturated heterocycles. The van der Waals surface area contributed by atoms with Crippen LogP contribution in [0, 0.1) is 11.3 Å². The van der Waals surface area contributed by atoms with E-state index in [1.807, 2.05) is 19.1 Å². The van der Waals surface area contributed by atoms with Crippen LogP contribution in [0.3, 0.4) is 0 Å². The van der Waals surface area contributed by atoms with Crippen molar-refractivity contribution in [1.29, 1.82) is 5.26 Å². The Morgan fingerprint density at radius 3 is 2.83 bits per heavy atom. The Bertz CT molecular complexity index is 954. The number of anilines is 1. The molecule has 0 spiro atoms. The molecule has 5 heterocycles. The van der Waals surface area contributed by atoms with Gasteiger partial charge in [-0.3, -0.25) is 4.79 Å². The van der Waals surface area contributed by atoms with E-state index in [2.05, 4.69) is 26.7 Å². The minimum atomic E-state index is -0.509. The number of carbonyl (C=O) groups is 1. The van der Waals surface area contributed by atoms with Crippen molar-refractivity contribution in [3.05, 3.63) is 30.1 Å². The van der Waals surface area contributed by atoms with Crippen molar-refractivity contribution in [3.63, 3.8) is 0 Å². The summed E-state index contributed by atoms with van der Waals surface area (Å²) in [6, 6.07) is 9.08. The van der Waals surface area contributed by atoms with Crippen LogP contribution in [0.4, 0.5) is 5.69 Å². The van der Waals surface area contributed by atoms with Crippen LogP contribution in [-0.4, -0.2) is 58.9 Å². The Balaban J connectivity index is 1.33.